The molecule has 1 N–H and O–H groups in total. The highest BCUT2D eigenvalue weighted by molar-refractivity contribution is 7.81. The molecule has 0 unspecified atom stereocenters. The average Bonchev–Trinajstić information content (AvgIpc) is 2.47. The lowest BCUT2D eigenvalue weighted by Crippen LogP contribution is -2.23. The summed E-state index contributed by atoms with van der Waals surface area (Å²) in [6.07, 6.45) is 3.53. The molecular formula is C15H11N3OS. The third-order valence-electron chi connectivity index (χ3n) is 2.86. The Balaban J connectivity index is 1.99. The highest BCUT2D eigenvalue weighted by atomic mass is 32.1. The Morgan fingerprint density at radius 3 is 2.65 bits per heavy atom. The molecule has 0 fully saturated rings. The Kier molecular flexibility index (Phi) is 3.26. The average molecular weight is 281 g/mol. The quantitative estimate of drug-likeness (QED) is 0.733. The molecule has 3 aromatic rings. The van der Waals surface area contributed by atoms with Crippen molar-refractivity contribution in [1.82, 2.24) is 9.38 Å². The van der Waals surface area contributed by atoms with Gasteiger partial charge in [0.05, 0.1) is 5.56 Å². The Morgan fingerprint density at radius 1 is 1.10 bits per heavy atom. The van der Waals surface area contributed by atoms with Crippen LogP contribution < -0.4 is 10.9 Å². The predicted octanol–water partition coefficient (Wildman–Crippen LogP) is 2.48. The van der Waals surface area contributed by atoms with Gasteiger partial charge in [0.2, 0.25) is 0 Å². The summed E-state index contributed by atoms with van der Waals surface area (Å²) < 4.78 is 1.77. The molecule has 4 nitrogen and oxygen atoms in total. The van der Waals surface area contributed by atoms with Crippen LogP contribution in [0.4, 0.5) is 5.69 Å². The molecule has 2 aromatic heterocycles. The van der Waals surface area contributed by atoms with Crippen LogP contribution in [0.25, 0.3) is 5.65 Å². The zero-order valence-corrected chi connectivity index (χ0v) is 11.3. The van der Waals surface area contributed by atoms with Gasteiger partial charge in [0, 0.05) is 18.1 Å². The second kappa shape index (κ2) is 5.22. The number of pyridine rings is 1. The van der Waals surface area contributed by atoms with E-state index in [-0.39, 0.29) is 5.56 Å². The molecule has 20 heavy (non-hydrogen) atoms. The highest BCUT2D eigenvalue weighted by Gasteiger charge is 2.09. The van der Waals surface area contributed by atoms with Gasteiger partial charge in [-0.1, -0.05) is 36.5 Å². The van der Waals surface area contributed by atoms with Gasteiger partial charge in [-0.15, -0.1) is 0 Å². The molecule has 0 aliphatic carbocycles. The van der Waals surface area contributed by atoms with Crippen molar-refractivity contribution in [2.45, 2.75) is 0 Å². The Labute approximate surface area is 120 Å². The first kappa shape index (κ1) is 12.5. The molecule has 0 spiro atoms. The zero-order valence-electron chi connectivity index (χ0n) is 10.5. The van der Waals surface area contributed by atoms with E-state index >= 15 is 0 Å². The number of nitrogens with zero attached hydrogens (tertiary/aromatic N) is 2. The second-order valence-corrected chi connectivity index (χ2v) is 4.65. The van der Waals surface area contributed by atoms with Crippen LogP contribution in [0.1, 0.15) is 5.56 Å². The first-order chi connectivity index (χ1) is 9.74. The SMILES string of the molecule is O=c1nc2ccccn2cc1C(=S)Nc1ccccc1. The summed E-state index contributed by atoms with van der Waals surface area (Å²) in [5.41, 5.74) is 1.50. The fourth-order valence-electron chi connectivity index (χ4n) is 1.88. The molecule has 0 radical (unpaired) electrons. The molecule has 1 aromatic carbocycles. The minimum atomic E-state index is -0.329. The summed E-state index contributed by atoms with van der Waals surface area (Å²) in [6.45, 7) is 0. The van der Waals surface area contributed by atoms with Crippen molar-refractivity contribution in [2.75, 3.05) is 5.32 Å². The van der Waals surface area contributed by atoms with Crippen molar-refractivity contribution in [2.24, 2.45) is 0 Å². The Bertz CT molecular complexity index is 827. The number of anilines is 1. The van der Waals surface area contributed by atoms with Gasteiger partial charge in [-0.05, 0) is 24.3 Å². The molecule has 0 aliphatic heterocycles. The van der Waals surface area contributed by atoms with Gasteiger partial charge in [0.1, 0.15) is 10.6 Å². The van der Waals surface area contributed by atoms with Crippen LogP contribution in [-0.2, 0) is 0 Å². The van der Waals surface area contributed by atoms with Crippen LogP contribution in [0.3, 0.4) is 0 Å². The number of benzene rings is 1. The van der Waals surface area contributed by atoms with Crippen LogP contribution in [0.15, 0.2) is 65.7 Å². The standard InChI is InChI=1S/C15H11N3OS/c19-14-12(10-18-9-5-4-8-13(18)17-14)15(20)16-11-6-2-1-3-7-11/h1-10H,(H,16,20). The number of aromatic nitrogens is 2. The maximum absolute atomic E-state index is 12.0. The van der Waals surface area contributed by atoms with Crippen LogP contribution in [0.5, 0.6) is 0 Å². The number of hydrogen-bond donors (Lipinski definition) is 1. The van der Waals surface area contributed by atoms with Crippen molar-refractivity contribution in [3.05, 3.63) is 76.8 Å². The molecule has 98 valence electrons. The van der Waals surface area contributed by atoms with Crippen molar-refractivity contribution in [3.63, 3.8) is 0 Å². The lowest BCUT2D eigenvalue weighted by atomic mass is 10.3. The molecule has 5 heteroatoms. The van der Waals surface area contributed by atoms with E-state index in [9.17, 15) is 4.79 Å². The van der Waals surface area contributed by atoms with Crippen LogP contribution in [-0.4, -0.2) is 14.4 Å². The van der Waals surface area contributed by atoms with Crippen molar-refractivity contribution in [3.8, 4) is 0 Å². The number of fused-ring (bicyclic) bond motifs is 1. The van der Waals surface area contributed by atoms with Crippen LogP contribution >= 0.6 is 12.2 Å². The van der Waals surface area contributed by atoms with Crippen molar-refractivity contribution in [1.29, 1.82) is 0 Å². The van der Waals surface area contributed by atoms with Crippen molar-refractivity contribution >= 4 is 28.5 Å². The monoisotopic (exact) mass is 281 g/mol. The van der Waals surface area contributed by atoms with E-state index in [0.29, 0.717) is 16.2 Å². The van der Waals surface area contributed by atoms with E-state index in [1.54, 1.807) is 16.7 Å². The van der Waals surface area contributed by atoms with Gasteiger partial charge in [-0.3, -0.25) is 4.79 Å². The number of para-hydroxylation sites is 1. The summed E-state index contributed by atoms with van der Waals surface area (Å²) in [7, 11) is 0. The molecule has 0 saturated heterocycles. The normalized spacial score (nSPS) is 10.4. The van der Waals surface area contributed by atoms with E-state index in [0.717, 1.165) is 5.69 Å². The summed E-state index contributed by atoms with van der Waals surface area (Å²) in [5, 5.41) is 3.04. The third kappa shape index (κ3) is 2.44. The smallest absolute Gasteiger partial charge is 0.283 e. The van der Waals surface area contributed by atoms with Crippen molar-refractivity contribution < 1.29 is 0 Å². The van der Waals surface area contributed by atoms with Crippen LogP contribution in [0.2, 0.25) is 0 Å². The highest BCUT2D eigenvalue weighted by Crippen LogP contribution is 2.08. The molecule has 0 saturated carbocycles. The van der Waals surface area contributed by atoms with Gasteiger partial charge in [0.15, 0.2) is 0 Å². The van der Waals surface area contributed by atoms with E-state index in [4.69, 9.17) is 12.2 Å². The lowest BCUT2D eigenvalue weighted by molar-refractivity contribution is 1.07. The molecule has 0 atom stereocenters. The predicted molar refractivity (Wildman–Crippen MR) is 83.2 cm³/mol. The lowest BCUT2D eigenvalue weighted by Gasteiger charge is -2.08. The molecule has 2 heterocycles. The van der Waals surface area contributed by atoms with E-state index in [2.05, 4.69) is 10.3 Å². The summed E-state index contributed by atoms with van der Waals surface area (Å²) in [5.74, 6) is 0. The van der Waals surface area contributed by atoms with E-state index < -0.39 is 0 Å². The summed E-state index contributed by atoms with van der Waals surface area (Å²) in [4.78, 5) is 16.4. The number of thiocarbonyl (C=S) groups is 1. The number of rotatable bonds is 2. The molecule has 0 aliphatic rings. The molecular weight excluding hydrogens is 270 g/mol. The summed E-state index contributed by atoms with van der Waals surface area (Å²) in [6, 6.07) is 15.0. The minimum absolute atomic E-state index is 0.329. The second-order valence-electron chi connectivity index (χ2n) is 4.25. The molecule has 0 amide bonds. The van der Waals surface area contributed by atoms with Gasteiger partial charge in [-0.2, -0.15) is 4.98 Å². The zero-order chi connectivity index (χ0) is 13.9. The molecule has 0 bridgehead atoms. The van der Waals surface area contributed by atoms with E-state index in [1.807, 2.05) is 48.7 Å². The van der Waals surface area contributed by atoms with Gasteiger partial charge >= 0.3 is 0 Å². The third-order valence-corrected chi connectivity index (χ3v) is 3.18. The maximum atomic E-state index is 12.0. The van der Waals surface area contributed by atoms with Gasteiger partial charge in [-0.25, -0.2) is 0 Å². The van der Waals surface area contributed by atoms with Gasteiger partial charge in [0.25, 0.3) is 5.56 Å². The van der Waals surface area contributed by atoms with Crippen LogP contribution in [0, 0.1) is 0 Å². The number of nitrogens with one attached hydrogen (secondary N) is 1. The molecule has 3 rings (SSSR count). The fraction of sp³-hybridized carbons (Fsp3) is 0. The largest absolute Gasteiger partial charge is 0.346 e. The topological polar surface area (TPSA) is 46.4 Å². The maximum Gasteiger partial charge on any atom is 0.283 e. The van der Waals surface area contributed by atoms with E-state index in [1.165, 1.54) is 0 Å². The summed E-state index contributed by atoms with van der Waals surface area (Å²) >= 11 is 5.29. The Hall–Kier alpha value is -2.53. The minimum Gasteiger partial charge on any atom is -0.346 e. The van der Waals surface area contributed by atoms with Gasteiger partial charge < -0.3 is 9.72 Å². The number of hydrogen-bond acceptors (Lipinski definition) is 3. The Morgan fingerprint density at radius 2 is 1.85 bits per heavy atom. The first-order valence-electron chi connectivity index (χ1n) is 6.08. The first-order valence-corrected chi connectivity index (χ1v) is 6.49. The fourth-order valence-corrected chi connectivity index (χ4v) is 2.14.